The van der Waals surface area contributed by atoms with Gasteiger partial charge in [-0.1, -0.05) is 60.7 Å². The summed E-state index contributed by atoms with van der Waals surface area (Å²) in [4.78, 5) is 13.0. The van der Waals surface area contributed by atoms with E-state index in [1.165, 1.54) is 0 Å². The van der Waals surface area contributed by atoms with Crippen molar-refractivity contribution in [2.24, 2.45) is 7.05 Å². The van der Waals surface area contributed by atoms with Gasteiger partial charge in [-0.3, -0.25) is 4.79 Å². The number of methoxy groups -OCH3 is 1. The maximum absolute atomic E-state index is 13.0. The van der Waals surface area contributed by atoms with Crippen molar-refractivity contribution in [1.82, 2.24) is 4.57 Å². The first-order valence-corrected chi connectivity index (χ1v) is 8.52. The highest BCUT2D eigenvalue weighted by molar-refractivity contribution is 6.03. The lowest BCUT2D eigenvalue weighted by Gasteiger charge is -2.18. The number of hydrogen-bond acceptors (Lipinski definition) is 2. The van der Waals surface area contributed by atoms with E-state index in [9.17, 15) is 4.79 Å². The predicted molar refractivity (Wildman–Crippen MR) is 107 cm³/mol. The molecule has 0 saturated heterocycles. The second-order valence-corrected chi connectivity index (χ2v) is 6.23. The molecule has 0 spiro atoms. The molecule has 4 aromatic rings. The van der Waals surface area contributed by atoms with Crippen molar-refractivity contribution in [1.29, 1.82) is 0 Å². The highest BCUT2D eigenvalue weighted by Gasteiger charge is 2.18. The van der Waals surface area contributed by atoms with Crippen molar-refractivity contribution >= 4 is 10.8 Å². The lowest BCUT2D eigenvalue weighted by atomic mass is 9.93. The van der Waals surface area contributed by atoms with E-state index in [4.69, 9.17) is 4.74 Å². The van der Waals surface area contributed by atoms with E-state index in [1.54, 1.807) is 11.7 Å². The summed E-state index contributed by atoms with van der Waals surface area (Å²) >= 11 is 0. The van der Waals surface area contributed by atoms with E-state index in [2.05, 4.69) is 12.1 Å². The molecule has 0 fully saturated rings. The molecule has 0 aliphatic heterocycles. The van der Waals surface area contributed by atoms with Crippen LogP contribution in [0.5, 0.6) is 5.75 Å². The highest BCUT2D eigenvalue weighted by atomic mass is 16.5. The van der Waals surface area contributed by atoms with Gasteiger partial charge in [0.05, 0.1) is 12.8 Å². The van der Waals surface area contributed by atoms with E-state index in [0.717, 1.165) is 33.5 Å². The number of benzene rings is 3. The summed E-state index contributed by atoms with van der Waals surface area (Å²) in [5.41, 5.74) is 4.01. The summed E-state index contributed by atoms with van der Waals surface area (Å²) in [6.45, 7) is 0. The van der Waals surface area contributed by atoms with Crippen molar-refractivity contribution in [3.63, 3.8) is 0 Å². The second-order valence-electron chi connectivity index (χ2n) is 6.23. The summed E-state index contributed by atoms with van der Waals surface area (Å²) in [6, 6.07) is 25.8. The number of pyridine rings is 1. The molecule has 1 heterocycles. The van der Waals surface area contributed by atoms with Crippen LogP contribution in [-0.2, 0) is 7.05 Å². The molecule has 1 aromatic heterocycles. The molecule has 4 rings (SSSR count). The van der Waals surface area contributed by atoms with Crippen LogP contribution in [0.4, 0.5) is 0 Å². The SMILES string of the molecule is COc1ccc2c(=O)n(C)c(-c3ccccc3)c(-c3ccccc3)c2c1. The molecular weight excluding hydrogens is 322 g/mol. The zero-order valence-corrected chi connectivity index (χ0v) is 14.8. The lowest BCUT2D eigenvalue weighted by Crippen LogP contribution is -2.20. The zero-order valence-electron chi connectivity index (χ0n) is 14.8. The van der Waals surface area contributed by atoms with Crippen molar-refractivity contribution in [3.8, 4) is 28.1 Å². The Morgan fingerprint density at radius 3 is 2.00 bits per heavy atom. The first-order valence-electron chi connectivity index (χ1n) is 8.52. The Hall–Kier alpha value is -3.33. The molecule has 0 aliphatic rings. The molecule has 0 unspecified atom stereocenters. The van der Waals surface area contributed by atoms with Gasteiger partial charge in [0, 0.05) is 23.4 Å². The fraction of sp³-hybridized carbons (Fsp3) is 0.0870. The third kappa shape index (κ3) is 2.58. The Morgan fingerprint density at radius 1 is 0.769 bits per heavy atom. The van der Waals surface area contributed by atoms with Gasteiger partial charge >= 0.3 is 0 Å². The van der Waals surface area contributed by atoms with Crippen LogP contribution in [0.2, 0.25) is 0 Å². The second kappa shape index (κ2) is 6.52. The summed E-state index contributed by atoms with van der Waals surface area (Å²) in [7, 11) is 3.48. The first kappa shape index (κ1) is 16.2. The van der Waals surface area contributed by atoms with Crippen LogP contribution in [0, 0.1) is 0 Å². The fourth-order valence-corrected chi connectivity index (χ4v) is 3.45. The normalized spacial score (nSPS) is 10.8. The summed E-state index contributed by atoms with van der Waals surface area (Å²) in [6.07, 6.45) is 0. The molecule has 3 heteroatoms. The Balaban J connectivity index is 2.22. The Kier molecular flexibility index (Phi) is 4.05. The van der Waals surface area contributed by atoms with Crippen LogP contribution in [0.25, 0.3) is 33.2 Å². The van der Waals surface area contributed by atoms with Crippen molar-refractivity contribution in [2.75, 3.05) is 7.11 Å². The Bertz CT molecular complexity index is 1130. The molecule has 26 heavy (non-hydrogen) atoms. The van der Waals surface area contributed by atoms with Gasteiger partial charge in [-0.15, -0.1) is 0 Å². The maximum Gasteiger partial charge on any atom is 0.258 e. The maximum atomic E-state index is 13.0. The smallest absolute Gasteiger partial charge is 0.258 e. The van der Waals surface area contributed by atoms with Gasteiger partial charge in [0.1, 0.15) is 5.75 Å². The molecule has 0 saturated carbocycles. The van der Waals surface area contributed by atoms with Gasteiger partial charge < -0.3 is 9.30 Å². The van der Waals surface area contributed by atoms with E-state index < -0.39 is 0 Å². The first-order chi connectivity index (χ1) is 12.7. The van der Waals surface area contributed by atoms with Crippen LogP contribution in [-0.4, -0.2) is 11.7 Å². The number of ether oxygens (including phenoxy) is 1. The molecule has 0 amide bonds. The predicted octanol–water partition coefficient (Wildman–Crippen LogP) is 4.88. The third-order valence-electron chi connectivity index (χ3n) is 4.71. The zero-order chi connectivity index (χ0) is 18.1. The van der Waals surface area contributed by atoms with Crippen molar-refractivity contribution < 1.29 is 4.74 Å². The largest absolute Gasteiger partial charge is 0.497 e. The average molecular weight is 341 g/mol. The molecule has 128 valence electrons. The van der Waals surface area contributed by atoms with Gasteiger partial charge in [-0.25, -0.2) is 0 Å². The molecule has 0 N–H and O–H groups in total. The number of aromatic nitrogens is 1. The standard InChI is InChI=1S/C23H19NO2/c1-24-22(17-11-7-4-8-12-17)21(16-9-5-3-6-10-16)20-15-18(26-2)13-14-19(20)23(24)25/h3-15H,1-2H3. The summed E-state index contributed by atoms with van der Waals surface area (Å²) < 4.78 is 7.16. The van der Waals surface area contributed by atoms with E-state index in [1.807, 2.05) is 73.8 Å². The molecule has 3 nitrogen and oxygen atoms in total. The number of fused-ring (bicyclic) bond motifs is 1. The van der Waals surface area contributed by atoms with Crippen LogP contribution >= 0.6 is 0 Å². The highest BCUT2D eigenvalue weighted by Crippen LogP contribution is 2.37. The quantitative estimate of drug-likeness (QED) is 0.532. The van der Waals surface area contributed by atoms with Gasteiger partial charge in [0.2, 0.25) is 0 Å². The van der Waals surface area contributed by atoms with E-state index in [0.29, 0.717) is 5.39 Å². The molecule has 0 atom stereocenters. The minimum absolute atomic E-state index is 0.0128. The van der Waals surface area contributed by atoms with Gasteiger partial charge in [0.15, 0.2) is 0 Å². The van der Waals surface area contributed by atoms with E-state index >= 15 is 0 Å². The molecule has 0 radical (unpaired) electrons. The summed E-state index contributed by atoms with van der Waals surface area (Å²) in [5, 5.41) is 1.59. The Morgan fingerprint density at radius 2 is 1.38 bits per heavy atom. The summed E-state index contributed by atoms with van der Waals surface area (Å²) in [5.74, 6) is 0.738. The van der Waals surface area contributed by atoms with Crippen LogP contribution in [0.1, 0.15) is 0 Å². The average Bonchev–Trinajstić information content (AvgIpc) is 2.71. The molecule has 0 bridgehead atoms. The molecular formula is C23H19NO2. The van der Waals surface area contributed by atoms with Crippen molar-refractivity contribution in [2.45, 2.75) is 0 Å². The fourth-order valence-electron chi connectivity index (χ4n) is 3.45. The molecule has 3 aromatic carbocycles. The lowest BCUT2D eigenvalue weighted by molar-refractivity contribution is 0.415. The number of rotatable bonds is 3. The van der Waals surface area contributed by atoms with Crippen LogP contribution < -0.4 is 10.3 Å². The molecule has 0 aliphatic carbocycles. The van der Waals surface area contributed by atoms with Gasteiger partial charge in [-0.05, 0) is 29.3 Å². The third-order valence-corrected chi connectivity index (χ3v) is 4.71. The van der Waals surface area contributed by atoms with Crippen molar-refractivity contribution in [3.05, 3.63) is 89.2 Å². The Labute approximate surface area is 152 Å². The van der Waals surface area contributed by atoms with Gasteiger partial charge in [-0.2, -0.15) is 0 Å². The number of hydrogen-bond donors (Lipinski definition) is 0. The minimum atomic E-state index is -0.0128. The van der Waals surface area contributed by atoms with Crippen LogP contribution in [0.3, 0.4) is 0 Å². The van der Waals surface area contributed by atoms with Crippen LogP contribution in [0.15, 0.2) is 83.7 Å². The monoisotopic (exact) mass is 341 g/mol. The van der Waals surface area contributed by atoms with Gasteiger partial charge in [0.25, 0.3) is 5.56 Å². The van der Waals surface area contributed by atoms with E-state index in [-0.39, 0.29) is 5.56 Å². The topological polar surface area (TPSA) is 31.2 Å². The number of nitrogens with zero attached hydrogens (tertiary/aromatic N) is 1. The minimum Gasteiger partial charge on any atom is -0.497 e.